The number of amidine groups is 1. The molecule has 1 aromatic carbocycles. The Hall–Kier alpha value is -1.57. The van der Waals surface area contributed by atoms with E-state index >= 15 is 0 Å². The van der Waals surface area contributed by atoms with Crippen LogP contribution in [0.5, 0.6) is 5.75 Å². The van der Waals surface area contributed by atoms with E-state index in [1.54, 1.807) is 12.1 Å². The van der Waals surface area contributed by atoms with Crippen LogP contribution in [0.3, 0.4) is 0 Å². The van der Waals surface area contributed by atoms with Crippen LogP contribution in [0.15, 0.2) is 28.3 Å². The summed E-state index contributed by atoms with van der Waals surface area (Å²) >= 11 is 1.42. The van der Waals surface area contributed by atoms with Gasteiger partial charge in [0.1, 0.15) is 5.75 Å². The zero-order chi connectivity index (χ0) is 15.2. The number of ether oxygens (including phenoxy) is 1. The maximum absolute atomic E-state index is 12.1. The molecule has 0 aromatic heterocycles. The number of hydrogen-bond acceptors (Lipinski definition) is 4. The topological polar surface area (TPSA) is 67.8 Å². The second-order valence-corrected chi connectivity index (χ2v) is 5.07. The van der Waals surface area contributed by atoms with E-state index < -0.39 is 19.2 Å². The van der Waals surface area contributed by atoms with Crippen LogP contribution in [0.2, 0.25) is 0 Å². The van der Waals surface area contributed by atoms with Crippen LogP contribution in [0.25, 0.3) is 0 Å². The molecule has 112 valence electrons. The normalized spacial score (nSPS) is 12.5. The number of halogens is 3. The number of alkyl halides is 3. The van der Waals surface area contributed by atoms with Gasteiger partial charge in [0.25, 0.3) is 0 Å². The average Bonchev–Trinajstić information content (AvgIpc) is 2.37. The van der Waals surface area contributed by atoms with Gasteiger partial charge in [-0.15, -0.1) is 11.8 Å². The van der Waals surface area contributed by atoms with Gasteiger partial charge in [-0.1, -0.05) is 18.1 Å². The molecule has 3 N–H and O–H groups in total. The molecular formula is C12H15F3N2O2S. The zero-order valence-corrected chi connectivity index (χ0v) is 11.6. The van der Waals surface area contributed by atoms with Crippen LogP contribution in [-0.2, 0) is 0 Å². The minimum absolute atomic E-state index is 0.169. The largest absolute Gasteiger partial charge is 0.492 e. The minimum atomic E-state index is -4.29. The molecule has 0 unspecified atom stereocenters. The summed E-state index contributed by atoms with van der Waals surface area (Å²) in [6.07, 6.45) is -5.35. The Morgan fingerprint density at radius 2 is 2.15 bits per heavy atom. The summed E-state index contributed by atoms with van der Waals surface area (Å²) in [4.78, 5) is 0.687. The van der Waals surface area contributed by atoms with Crippen molar-refractivity contribution in [3.8, 4) is 5.75 Å². The first-order chi connectivity index (χ1) is 9.39. The monoisotopic (exact) mass is 308 g/mol. The molecule has 0 saturated carbocycles. The fourth-order valence-electron chi connectivity index (χ4n) is 1.49. The van der Waals surface area contributed by atoms with Gasteiger partial charge in [-0.2, -0.15) is 13.2 Å². The lowest BCUT2D eigenvalue weighted by molar-refractivity contribution is -0.139. The van der Waals surface area contributed by atoms with Crippen LogP contribution >= 0.6 is 11.8 Å². The fourth-order valence-corrected chi connectivity index (χ4v) is 2.32. The molecule has 0 fully saturated rings. The third kappa shape index (κ3) is 4.84. The van der Waals surface area contributed by atoms with E-state index in [1.165, 1.54) is 17.8 Å². The van der Waals surface area contributed by atoms with Gasteiger partial charge in [0.15, 0.2) is 5.84 Å². The second kappa shape index (κ2) is 7.28. The summed E-state index contributed by atoms with van der Waals surface area (Å²) in [5.41, 5.74) is 5.88. The first kappa shape index (κ1) is 16.5. The maximum atomic E-state index is 12.1. The lowest BCUT2D eigenvalue weighted by Gasteiger charge is -2.14. The predicted molar refractivity (Wildman–Crippen MR) is 71.5 cm³/mol. The second-order valence-electron chi connectivity index (χ2n) is 3.76. The van der Waals surface area contributed by atoms with Crippen molar-refractivity contribution in [2.75, 3.05) is 12.4 Å². The lowest BCUT2D eigenvalue weighted by atomic mass is 10.2. The van der Waals surface area contributed by atoms with Gasteiger partial charge in [-0.3, -0.25) is 0 Å². The van der Waals surface area contributed by atoms with Gasteiger partial charge < -0.3 is 15.7 Å². The van der Waals surface area contributed by atoms with Crippen LogP contribution in [0.1, 0.15) is 18.9 Å². The van der Waals surface area contributed by atoms with E-state index in [4.69, 9.17) is 15.7 Å². The van der Waals surface area contributed by atoms with E-state index in [0.717, 1.165) is 5.75 Å². The predicted octanol–water partition coefficient (Wildman–Crippen LogP) is 3.22. The van der Waals surface area contributed by atoms with Crippen molar-refractivity contribution < 1.29 is 23.1 Å². The van der Waals surface area contributed by atoms with Crippen molar-refractivity contribution >= 4 is 17.6 Å². The number of thioether (sulfide) groups is 1. The van der Waals surface area contributed by atoms with E-state index in [-0.39, 0.29) is 11.6 Å². The van der Waals surface area contributed by atoms with Crippen molar-refractivity contribution in [1.82, 2.24) is 0 Å². The van der Waals surface area contributed by atoms with Crippen LogP contribution < -0.4 is 10.5 Å². The molecule has 0 saturated heterocycles. The van der Waals surface area contributed by atoms with Crippen molar-refractivity contribution in [3.05, 3.63) is 23.8 Å². The Kier molecular flexibility index (Phi) is 6.00. The molecule has 0 atom stereocenters. The molecule has 0 aliphatic heterocycles. The minimum Gasteiger partial charge on any atom is -0.492 e. The molecule has 0 amide bonds. The molecule has 4 nitrogen and oxygen atoms in total. The fraction of sp³-hybridized carbons (Fsp3) is 0.417. The SMILES string of the molecule is CCSc1cccc(OCCC(F)(F)F)c1/C(N)=N/O. The van der Waals surface area contributed by atoms with E-state index in [2.05, 4.69) is 5.16 Å². The highest BCUT2D eigenvalue weighted by Crippen LogP contribution is 2.30. The number of nitrogens with two attached hydrogens (primary N) is 1. The standard InChI is InChI=1S/C12H15F3N2O2S/c1-2-20-9-5-3-4-8(10(9)11(16)17-18)19-7-6-12(13,14)15/h3-5,18H,2,6-7H2,1H3,(H2,16,17). The summed E-state index contributed by atoms with van der Waals surface area (Å²) in [6.45, 7) is 1.40. The number of benzene rings is 1. The van der Waals surface area contributed by atoms with Crippen molar-refractivity contribution in [2.45, 2.75) is 24.4 Å². The molecule has 1 aromatic rings. The highest BCUT2D eigenvalue weighted by atomic mass is 32.2. The molecule has 0 aliphatic rings. The lowest BCUT2D eigenvalue weighted by Crippen LogP contribution is -2.18. The van der Waals surface area contributed by atoms with E-state index in [9.17, 15) is 13.2 Å². The third-order valence-electron chi connectivity index (χ3n) is 2.29. The smallest absolute Gasteiger partial charge is 0.392 e. The van der Waals surface area contributed by atoms with Gasteiger partial charge in [-0.25, -0.2) is 0 Å². The summed E-state index contributed by atoms with van der Waals surface area (Å²) in [5, 5.41) is 11.7. The van der Waals surface area contributed by atoms with Gasteiger partial charge in [0.05, 0.1) is 18.6 Å². The van der Waals surface area contributed by atoms with Crippen molar-refractivity contribution in [1.29, 1.82) is 0 Å². The molecule has 0 bridgehead atoms. The van der Waals surface area contributed by atoms with E-state index in [0.29, 0.717) is 10.5 Å². The highest BCUT2D eigenvalue weighted by Gasteiger charge is 2.27. The van der Waals surface area contributed by atoms with Crippen LogP contribution in [-0.4, -0.2) is 29.6 Å². The highest BCUT2D eigenvalue weighted by molar-refractivity contribution is 7.99. The molecule has 1 rings (SSSR count). The molecule has 8 heteroatoms. The zero-order valence-electron chi connectivity index (χ0n) is 10.8. The number of oxime groups is 1. The number of rotatable bonds is 6. The summed E-state index contributed by atoms with van der Waals surface area (Å²) in [6, 6.07) is 4.87. The number of hydrogen-bond donors (Lipinski definition) is 2. The van der Waals surface area contributed by atoms with Gasteiger partial charge in [0, 0.05) is 4.90 Å². The number of nitrogens with zero attached hydrogens (tertiary/aromatic N) is 1. The van der Waals surface area contributed by atoms with Gasteiger partial charge in [0.2, 0.25) is 0 Å². The molecule has 20 heavy (non-hydrogen) atoms. The molecule has 0 radical (unpaired) electrons. The molecular weight excluding hydrogens is 293 g/mol. The van der Waals surface area contributed by atoms with Crippen molar-refractivity contribution in [2.24, 2.45) is 10.9 Å². The Balaban J connectivity index is 2.97. The Morgan fingerprint density at radius 1 is 1.45 bits per heavy atom. The molecule has 0 aliphatic carbocycles. The quantitative estimate of drug-likeness (QED) is 0.278. The van der Waals surface area contributed by atoms with Gasteiger partial charge in [-0.05, 0) is 17.9 Å². The Bertz CT molecular complexity index is 478. The summed E-state index contributed by atoms with van der Waals surface area (Å²) < 4.78 is 41.5. The third-order valence-corrected chi connectivity index (χ3v) is 3.23. The van der Waals surface area contributed by atoms with E-state index in [1.807, 2.05) is 6.92 Å². The van der Waals surface area contributed by atoms with Gasteiger partial charge >= 0.3 is 6.18 Å². The first-order valence-electron chi connectivity index (χ1n) is 5.82. The maximum Gasteiger partial charge on any atom is 0.392 e. The Labute approximate surface area is 118 Å². The summed E-state index contributed by atoms with van der Waals surface area (Å²) in [5.74, 6) is 0.712. The van der Waals surface area contributed by atoms with Crippen LogP contribution in [0, 0.1) is 0 Å². The molecule has 0 heterocycles. The average molecular weight is 308 g/mol. The van der Waals surface area contributed by atoms with Crippen LogP contribution in [0.4, 0.5) is 13.2 Å². The molecule has 0 spiro atoms. The first-order valence-corrected chi connectivity index (χ1v) is 6.81. The van der Waals surface area contributed by atoms with Crippen molar-refractivity contribution in [3.63, 3.8) is 0 Å². The summed E-state index contributed by atoms with van der Waals surface area (Å²) in [7, 11) is 0. The Morgan fingerprint density at radius 3 is 2.70 bits per heavy atom.